The summed E-state index contributed by atoms with van der Waals surface area (Å²) in [5.74, 6) is 1.81. The van der Waals surface area contributed by atoms with Gasteiger partial charge in [0.1, 0.15) is 0 Å². The molecule has 2 saturated heterocycles. The number of hydrogen-bond acceptors (Lipinski definition) is 2. The highest BCUT2D eigenvalue weighted by atomic mass is 35.5. The zero-order valence-electron chi connectivity index (χ0n) is 15.1. The normalized spacial score (nSPS) is 22.2. The summed E-state index contributed by atoms with van der Waals surface area (Å²) >= 11 is 0. The van der Waals surface area contributed by atoms with Gasteiger partial charge in [-0.05, 0) is 54.5 Å². The van der Waals surface area contributed by atoms with Crippen LogP contribution in [0.1, 0.15) is 18.4 Å². The molecule has 0 radical (unpaired) electrons. The Labute approximate surface area is 162 Å². The highest BCUT2D eigenvalue weighted by Gasteiger charge is 2.31. The van der Waals surface area contributed by atoms with E-state index in [0.29, 0.717) is 6.42 Å². The van der Waals surface area contributed by atoms with E-state index in [9.17, 15) is 4.79 Å². The largest absolute Gasteiger partial charge is 0.342 e. The number of likely N-dealkylation sites (tertiary alicyclic amines) is 1. The first-order chi connectivity index (χ1) is 12.3. The van der Waals surface area contributed by atoms with E-state index in [-0.39, 0.29) is 18.3 Å². The molecule has 4 heteroatoms. The summed E-state index contributed by atoms with van der Waals surface area (Å²) in [4.78, 5) is 14.8. The van der Waals surface area contributed by atoms with Gasteiger partial charge in [0.25, 0.3) is 0 Å². The van der Waals surface area contributed by atoms with Gasteiger partial charge >= 0.3 is 0 Å². The summed E-state index contributed by atoms with van der Waals surface area (Å²) in [6.45, 7) is 4.11. The maximum Gasteiger partial charge on any atom is 0.226 e. The van der Waals surface area contributed by atoms with Gasteiger partial charge in [-0.2, -0.15) is 0 Å². The first kappa shape index (κ1) is 18.9. The fourth-order valence-electron chi connectivity index (χ4n) is 4.20. The Balaban J connectivity index is 0.00000196. The Hall–Kier alpha value is -1.84. The summed E-state index contributed by atoms with van der Waals surface area (Å²) in [6.07, 6.45) is 2.81. The maximum atomic E-state index is 12.7. The molecule has 26 heavy (non-hydrogen) atoms. The monoisotopic (exact) mass is 370 g/mol. The second kappa shape index (κ2) is 8.70. The number of fused-ring (bicyclic) bond motifs is 1. The van der Waals surface area contributed by atoms with E-state index in [1.54, 1.807) is 0 Å². The van der Waals surface area contributed by atoms with E-state index < -0.39 is 0 Å². The van der Waals surface area contributed by atoms with Crippen LogP contribution in [-0.2, 0) is 11.2 Å². The third-order valence-corrected chi connectivity index (χ3v) is 5.79. The number of rotatable bonds is 3. The first-order valence-electron chi connectivity index (χ1n) is 9.42. The van der Waals surface area contributed by atoms with Gasteiger partial charge in [-0.25, -0.2) is 0 Å². The number of nitrogens with zero attached hydrogens (tertiary/aromatic N) is 1. The molecule has 2 fully saturated rings. The van der Waals surface area contributed by atoms with Crippen LogP contribution in [0.15, 0.2) is 54.6 Å². The Kier molecular flexibility index (Phi) is 6.33. The number of benzene rings is 2. The minimum Gasteiger partial charge on any atom is -0.342 e. The van der Waals surface area contributed by atoms with E-state index in [0.717, 1.165) is 56.4 Å². The van der Waals surface area contributed by atoms with Gasteiger partial charge in [-0.1, -0.05) is 54.6 Å². The Morgan fingerprint density at radius 1 is 0.885 bits per heavy atom. The molecule has 0 saturated carbocycles. The lowest BCUT2D eigenvalue weighted by Crippen LogP contribution is -2.33. The minimum atomic E-state index is 0. The van der Waals surface area contributed by atoms with Crippen molar-refractivity contribution < 1.29 is 4.79 Å². The van der Waals surface area contributed by atoms with Crippen LogP contribution in [0, 0.1) is 11.8 Å². The number of carbonyl (C=O) groups is 1. The average Bonchev–Trinajstić information content (AvgIpc) is 3.01. The molecule has 4 rings (SSSR count). The molecule has 3 nitrogen and oxygen atoms in total. The molecule has 2 aliphatic heterocycles. The lowest BCUT2D eigenvalue weighted by atomic mass is 9.92. The lowest BCUT2D eigenvalue weighted by Gasteiger charge is -2.21. The number of amides is 1. The first-order valence-corrected chi connectivity index (χ1v) is 9.42. The van der Waals surface area contributed by atoms with Gasteiger partial charge in [-0.3, -0.25) is 4.79 Å². The van der Waals surface area contributed by atoms with Crippen molar-refractivity contribution in [1.29, 1.82) is 0 Å². The molecular formula is C22H27ClN2O. The fourth-order valence-corrected chi connectivity index (χ4v) is 4.20. The zero-order valence-corrected chi connectivity index (χ0v) is 15.9. The van der Waals surface area contributed by atoms with Crippen molar-refractivity contribution in [2.24, 2.45) is 11.8 Å². The molecular weight excluding hydrogens is 344 g/mol. The molecule has 1 N–H and O–H groups in total. The molecule has 0 unspecified atom stereocenters. The molecule has 0 bridgehead atoms. The van der Waals surface area contributed by atoms with Crippen LogP contribution in [0.25, 0.3) is 11.1 Å². The molecule has 0 aliphatic carbocycles. The smallest absolute Gasteiger partial charge is 0.226 e. The van der Waals surface area contributed by atoms with Crippen LogP contribution >= 0.6 is 12.4 Å². The zero-order chi connectivity index (χ0) is 17.1. The van der Waals surface area contributed by atoms with Crippen molar-refractivity contribution in [2.75, 3.05) is 26.2 Å². The van der Waals surface area contributed by atoms with Crippen LogP contribution in [-0.4, -0.2) is 37.0 Å². The van der Waals surface area contributed by atoms with Crippen molar-refractivity contribution in [1.82, 2.24) is 10.2 Å². The second-order valence-corrected chi connectivity index (χ2v) is 7.38. The number of nitrogens with one attached hydrogen (secondary N) is 1. The van der Waals surface area contributed by atoms with E-state index in [1.165, 1.54) is 11.1 Å². The van der Waals surface area contributed by atoms with E-state index in [1.807, 2.05) is 6.07 Å². The predicted octanol–water partition coefficient (Wildman–Crippen LogP) is 3.78. The Morgan fingerprint density at radius 2 is 1.46 bits per heavy atom. The molecule has 0 aromatic heterocycles. The molecule has 2 heterocycles. The van der Waals surface area contributed by atoms with Crippen LogP contribution in [0.3, 0.4) is 0 Å². The molecule has 2 aromatic carbocycles. The molecule has 2 atom stereocenters. The van der Waals surface area contributed by atoms with E-state index in [2.05, 4.69) is 58.7 Å². The minimum absolute atomic E-state index is 0. The summed E-state index contributed by atoms with van der Waals surface area (Å²) in [5.41, 5.74) is 3.52. The maximum absolute atomic E-state index is 12.7. The third-order valence-electron chi connectivity index (χ3n) is 5.79. The molecule has 2 aromatic rings. The average molecular weight is 371 g/mol. The van der Waals surface area contributed by atoms with Crippen LogP contribution in [0.4, 0.5) is 0 Å². The second-order valence-electron chi connectivity index (χ2n) is 7.38. The molecule has 0 spiro atoms. The van der Waals surface area contributed by atoms with E-state index >= 15 is 0 Å². The third kappa shape index (κ3) is 4.28. The van der Waals surface area contributed by atoms with E-state index in [4.69, 9.17) is 0 Å². The van der Waals surface area contributed by atoms with Crippen LogP contribution in [0.2, 0.25) is 0 Å². The Morgan fingerprint density at radius 3 is 2.08 bits per heavy atom. The highest BCUT2D eigenvalue weighted by Crippen LogP contribution is 2.27. The van der Waals surface area contributed by atoms with Crippen molar-refractivity contribution in [2.45, 2.75) is 19.3 Å². The summed E-state index contributed by atoms with van der Waals surface area (Å²) in [5, 5.41) is 3.49. The number of carbonyl (C=O) groups excluding carboxylic acids is 1. The lowest BCUT2D eigenvalue weighted by molar-refractivity contribution is -0.130. The number of hydrogen-bond donors (Lipinski definition) is 1. The van der Waals surface area contributed by atoms with Crippen molar-refractivity contribution in [3.8, 4) is 11.1 Å². The molecule has 138 valence electrons. The van der Waals surface area contributed by atoms with Crippen molar-refractivity contribution >= 4 is 18.3 Å². The molecule has 2 aliphatic rings. The van der Waals surface area contributed by atoms with Gasteiger partial charge in [-0.15, -0.1) is 12.4 Å². The SMILES string of the molecule is Cl.O=C(Cc1ccc(-c2ccccc2)cc1)N1CC[C@@H]2CNC[C@@H]2CC1. The number of halogens is 1. The van der Waals surface area contributed by atoms with Gasteiger partial charge < -0.3 is 10.2 Å². The highest BCUT2D eigenvalue weighted by molar-refractivity contribution is 5.85. The summed E-state index contributed by atoms with van der Waals surface area (Å²) < 4.78 is 0. The standard InChI is InChI=1S/C22H26N2O.ClH/c25-22(24-12-10-20-15-23-16-21(20)11-13-24)14-17-6-8-19(9-7-17)18-4-2-1-3-5-18;/h1-9,20-21,23H,10-16H2;1H/t20-,21+;. The topological polar surface area (TPSA) is 32.3 Å². The van der Waals surface area contributed by atoms with Gasteiger partial charge in [0, 0.05) is 13.1 Å². The summed E-state index contributed by atoms with van der Waals surface area (Å²) in [6, 6.07) is 18.8. The van der Waals surface area contributed by atoms with Gasteiger partial charge in [0.15, 0.2) is 0 Å². The summed E-state index contributed by atoms with van der Waals surface area (Å²) in [7, 11) is 0. The molecule has 1 amide bonds. The quantitative estimate of drug-likeness (QED) is 0.891. The van der Waals surface area contributed by atoms with Gasteiger partial charge in [0.05, 0.1) is 6.42 Å². The van der Waals surface area contributed by atoms with Crippen molar-refractivity contribution in [3.05, 3.63) is 60.2 Å². The predicted molar refractivity (Wildman–Crippen MR) is 108 cm³/mol. The Bertz CT molecular complexity index is 703. The van der Waals surface area contributed by atoms with Crippen LogP contribution < -0.4 is 5.32 Å². The van der Waals surface area contributed by atoms with Gasteiger partial charge in [0.2, 0.25) is 5.91 Å². The fraction of sp³-hybridized carbons (Fsp3) is 0.409. The van der Waals surface area contributed by atoms with Crippen LogP contribution in [0.5, 0.6) is 0 Å². The van der Waals surface area contributed by atoms with Crippen molar-refractivity contribution in [3.63, 3.8) is 0 Å².